The first-order valence-corrected chi connectivity index (χ1v) is 13.1. The number of rotatable bonds is 7. The molecule has 3 N–H and O–H groups in total. The van der Waals surface area contributed by atoms with Crippen LogP contribution in [0.5, 0.6) is 5.75 Å². The molecule has 0 unspecified atom stereocenters. The summed E-state index contributed by atoms with van der Waals surface area (Å²) < 4.78 is 7.18. The van der Waals surface area contributed by atoms with Gasteiger partial charge in [-0.2, -0.15) is 5.10 Å². The largest absolute Gasteiger partial charge is 0.495 e. The Morgan fingerprint density at radius 3 is 2.65 bits per heavy atom. The zero-order valence-electron chi connectivity index (χ0n) is 22.4. The molecule has 3 heterocycles. The van der Waals surface area contributed by atoms with Crippen LogP contribution in [0.25, 0.3) is 16.7 Å². The van der Waals surface area contributed by atoms with Crippen molar-refractivity contribution in [2.45, 2.75) is 33.1 Å². The highest BCUT2D eigenvalue weighted by molar-refractivity contribution is 6.32. The van der Waals surface area contributed by atoms with E-state index >= 15 is 0 Å². The highest BCUT2D eigenvalue weighted by Crippen LogP contribution is 2.30. The molecule has 0 aliphatic carbocycles. The Balaban J connectivity index is 1.48. The summed E-state index contributed by atoms with van der Waals surface area (Å²) in [5, 5.41) is 11.2. The average molecular weight is 558 g/mol. The number of ether oxygens (including phenoxy) is 1. The number of carbonyl (C=O) groups excluding carboxylic acids is 1. The van der Waals surface area contributed by atoms with Gasteiger partial charge in [-0.1, -0.05) is 49.7 Å². The van der Waals surface area contributed by atoms with Crippen LogP contribution in [0.4, 0.5) is 16.3 Å². The van der Waals surface area contributed by atoms with Crippen LogP contribution in [0.15, 0.2) is 65.6 Å². The molecule has 0 saturated heterocycles. The molecule has 5 aromatic rings. The fraction of sp³-hybridized carbons (Fsp3) is 0.207. The number of aryl methyl sites for hydroxylation is 1. The number of para-hydroxylation sites is 1. The number of fused-ring (bicyclic) bond motifs is 1. The number of benzene rings is 2. The molecule has 204 valence electrons. The fourth-order valence-corrected chi connectivity index (χ4v) is 4.78. The number of aromatic amines is 1. The molecule has 0 aliphatic rings. The first kappa shape index (κ1) is 26.9. The van der Waals surface area contributed by atoms with E-state index in [0.717, 1.165) is 11.1 Å². The van der Waals surface area contributed by atoms with E-state index in [1.165, 1.54) is 7.11 Å². The summed E-state index contributed by atoms with van der Waals surface area (Å²) in [4.78, 5) is 37.6. The third-order valence-electron chi connectivity index (χ3n) is 6.35. The molecule has 10 nitrogen and oxygen atoms in total. The van der Waals surface area contributed by atoms with E-state index in [1.807, 2.05) is 39.0 Å². The second-order valence-electron chi connectivity index (χ2n) is 9.57. The Labute approximate surface area is 235 Å². The third kappa shape index (κ3) is 5.39. The number of hydrogen-bond acceptors (Lipinski definition) is 6. The van der Waals surface area contributed by atoms with Crippen molar-refractivity contribution in [3.8, 4) is 11.4 Å². The van der Waals surface area contributed by atoms with Crippen molar-refractivity contribution in [1.82, 2.24) is 24.7 Å². The van der Waals surface area contributed by atoms with Gasteiger partial charge in [0.2, 0.25) is 0 Å². The number of anilines is 2. The van der Waals surface area contributed by atoms with Gasteiger partial charge in [-0.3, -0.25) is 10.1 Å². The zero-order chi connectivity index (χ0) is 28.4. The Kier molecular flexibility index (Phi) is 7.52. The predicted octanol–water partition coefficient (Wildman–Crippen LogP) is 5.83. The van der Waals surface area contributed by atoms with Gasteiger partial charge in [0.05, 0.1) is 29.2 Å². The Hall–Kier alpha value is -4.70. The molecule has 0 radical (unpaired) electrons. The summed E-state index contributed by atoms with van der Waals surface area (Å²) in [6.07, 6.45) is 1.90. The van der Waals surface area contributed by atoms with Gasteiger partial charge in [0, 0.05) is 12.6 Å². The van der Waals surface area contributed by atoms with Crippen molar-refractivity contribution in [2.24, 2.45) is 0 Å². The van der Waals surface area contributed by atoms with Crippen molar-refractivity contribution in [2.75, 3.05) is 17.7 Å². The first-order valence-electron chi connectivity index (χ1n) is 12.7. The molecular weight excluding hydrogens is 530 g/mol. The number of aromatic nitrogens is 5. The molecule has 0 atom stereocenters. The number of hydrogen-bond donors (Lipinski definition) is 3. The summed E-state index contributed by atoms with van der Waals surface area (Å²) >= 11 is 6.57. The molecular formula is C29H28ClN7O3. The highest BCUT2D eigenvalue weighted by atomic mass is 35.5. The minimum absolute atomic E-state index is 0.000489. The van der Waals surface area contributed by atoms with Crippen LogP contribution in [-0.2, 0) is 6.42 Å². The lowest BCUT2D eigenvalue weighted by atomic mass is 10.1. The normalized spacial score (nSPS) is 11.2. The molecule has 2 amide bonds. The molecule has 5 rings (SSSR count). The summed E-state index contributed by atoms with van der Waals surface area (Å²) in [5.74, 6) is 1.33. The van der Waals surface area contributed by atoms with E-state index in [2.05, 4.69) is 20.6 Å². The first-order chi connectivity index (χ1) is 19.2. The maximum Gasteiger partial charge on any atom is 0.324 e. The van der Waals surface area contributed by atoms with Crippen LogP contribution < -0.4 is 20.9 Å². The van der Waals surface area contributed by atoms with Gasteiger partial charge in [-0.15, -0.1) is 0 Å². The van der Waals surface area contributed by atoms with Crippen LogP contribution >= 0.6 is 11.6 Å². The molecule has 0 aliphatic heterocycles. The van der Waals surface area contributed by atoms with E-state index in [9.17, 15) is 9.59 Å². The topological polar surface area (TPSA) is 127 Å². The monoisotopic (exact) mass is 557 g/mol. The van der Waals surface area contributed by atoms with Gasteiger partial charge >= 0.3 is 6.03 Å². The number of halogens is 1. The van der Waals surface area contributed by atoms with Crippen molar-refractivity contribution in [1.29, 1.82) is 0 Å². The van der Waals surface area contributed by atoms with Crippen LogP contribution in [0.1, 0.15) is 42.4 Å². The van der Waals surface area contributed by atoms with Crippen LogP contribution in [0.2, 0.25) is 5.02 Å². The summed E-state index contributed by atoms with van der Waals surface area (Å²) in [7, 11) is 1.52. The lowest BCUT2D eigenvalue weighted by molar-refractivity contribution is 0.262. The van der Waals surface area contributed by atoms with E-state index in [-0.39, 0.29) is 11.5 Å². The Morgan fingerprint density at radius 1 is 1.12 bits per heavy atom. The smallest absolute Gasteiger partial charge is 0.324 e. The van der Waals surface area contributed by atoms with Gasteiger partial charge in [-0.05, 0) is 54.3 Å². The third-order valence-corrected chi connectivity index (χ3v) is 6.66. The molecule has 0 saturated carbocycles. The van der Waals surface area contributed by atoms with E-state index in [4.69, 9.17) is 26.4 Å². The van der Waals surface area contributed by atoms with Crippen molar-refractivity contribution >= 4 is 40.2 Å². The number of urea groups is 1. The van der Waals surface area contributed by atoms with Gasteiger partial charge in [0.15, 0.2) is 5.65 Å². The zero-order valence-corrected chi connectivity index (χ0v) is 23.2. The van der Waals surface area contributed by atoms with Gasteiger partial charge < -0.3 is 15.0 Å². The quantitative estimate of drug-likeness (QED) is 0.231. The number of pyridine rings is 1. The summed E-state index contributed by atoms with van der Waals surface area (Å²) in [6.45, 7) is 5.91. The van der Waals surface area contributed by atoms with Gasteiger partial charge in [0.25, 0.3) is 5.56 Å². The van der Waals surface area contributed by atoms with E-state index in [0.29, 0.717) is 56.9 Å². The summed E-state index contributed by atoms with van der Waals surface area (Å²) in [5.41, 5.74) is 3.72. The minimum Gasteiger partial charge on any atom is -0.495 e. The highest BCUT2D eigenvalue weighted by Gasteiger charge is 2.22. The standard InChI is InChI=1S/C29H28ClN7O3/c1-16(2)25-24-27(37(36-25)26-17(3)8-7-9-19(26)30)33-23(34-28(24)38)15-18-11-12-20(21(14-18)40-4)32-29(39)35-22-10-5-6-13-31-22/h5-14,16H,15H2,1-4H3,(H,33,34,38)(H2,31,32,35,39). The average Bonchev–Trinajstić information content (AvgIpc) is 3.30. The van der Waals surface area contributed by atoms with Crippen molar-refractivity contribution in [3.63, 3.8) is 0 Å². The molecule has 11 heteroatoms. The molecule has 40 heavy (non-hydrogen) atoms. The lowest BCUT2D eigenvalue weighted by Crippen LogP contribution is -2.20. The van der Waals surface area contributed by atoms with Gasteiger partial charge in [-0.25, -0.2) is 19.4 Å². The van der Waals surface area contributed by atoms with Crippen LogP contribution in [0, 0.1) is 6.92 Å². The fourth-order valence-electron chi connectivity index (χ4n) is 4.48. The number of nitrogens with zero attached hydrogens (tertiary/aromatic N) is 4. The number of H-pyrrole nitrogens is 1. The maximum atomic E-state index is 13.3. The summed E-state index contributed by atoms with van der Waals surface area (Å²) in [6, 6.07) is 15.7. The Morgan fingerprint density at radius 2 is 1.95 bits per heavy atom. The van der Waals surface area contributed by atoms with E-state index < -0.39 is 6.03 Å². The molecule has 0 fully saturated rings. The van der Waals surface area contributed by atoms with Crippen LogP contribution in [0.3, 0.4) is 0 Å². The number of nitrogens with one attached hydrogen (secondary N) is 3. The second-order valence-corrected chi connectivity index (χ2v) is 9.98. The second kappa shape index (κ2) is 11.2. The van der Waals surface area contributed by atoms with Gasteiger partial charge in [0.1, 0.15) is 22.8 Å². The Bertz CT molecular complexity index is 1740. The number of amides is 2. The molecule has 0 spiro atoms. The minimum atomic E-state index is -0.453. The molecule has 2 aromatic carbocycles. The molecule has 0 bridgehead atoms. The maximum absolute atomic E-state index is 13.3. The van der Waals surface area contributed by atoms with Crippen molar-refractivity contribution in [3.05, 3.63) is 98.8 Å². The predicted molar refractivity (Wildman–Crippen MR) is 156 cm³/mol. The SMILES string of the molecule is COc1cc(Cc2nc3c(c(C(C)C)nn3-c3c(C)cccc3Cl)c(=O)[nH]2)ccc1NC(=O)Nc1ccccn1. The molecule has 3 aromatic heterocycles. The number of carbonyl (C=O) groups is 1. The van der Waals surface area contributed by atoms with Crippen molar-refractivity contribution < 1.29 is 9.53 Å². The van der Waals surface area contributed by atoms with E-state index in [1.54, 1.807) is 47.3 Å². The van der Waals surface area contributed by atoms with Crippen LogP contribution in [-0.4, -0.2) is 37.9 Å². The number of methoxy groups -OCH3 is 1. The lowest BCUT2D eigenvalue weighted by Gasteiger charge is -2.13.